The smallest absolute Gasteiger partial charge is 0.192 e. The Kier molecular flexibility index (Phi) is 5.08. The molecule has 4 fully saturated rings. The Morgan fingerprint density at radius 3 is 1.88 bits per heavy atom. The molecule has 42 heavy (non-hydrogen) atoms. The highest BCUT2D eigenvalue weighted by atomic mass is 15.0. The molecule has 2 aromatic heterocycles. The van der Waals surface area contributed by atoms with Crippen LogP contribution in [-0.2, 0) is 5.41 Å². The van der Waals surface area contributed by atoms with Gasteiger partial charge < -0.3 is 0 Å². The van der Waals surface area contributed by atoms with E-state index in [0.29, 0.717) is 29.3 Å². The number of benzene rings is 3. The third-order valence-electron chi connectivity index (χ3n) is 10.6. The van der Waals surface area contributed by atoms with Crippen LogP contribution in [-0.4, -0.2) is 19.9 Å². The van der Waals surface area contributed by atoms with Gasteiger partial charge in [-0.3, -0.25) is 4.98 Å². The van der Waals surface area contributed by atoms with Crippen LogP contribution < -0.4 is 0 Å². The predicted molar refractivity (Wildman–Crippen MR) is 163 cm³/mol. The molecule has 4 bridgehead atoms. The van der Waals surface area contributed by atoms with Crippen molar-refractivity contribution < 1.29 is 0 Å². The molecule has 3 aromatic carbocycles. The minimum absolute atomic E-state index is 0.0474. The van der Waals surface area contributed by atoms with Gasteiger partial charge in [0.15, 0.2) is 23.2 Å². The van der Waals surface area contributed by atoms with Gasteiger partial charge in [-0.1, -0.05) is 54.6 Å². The van der Waals surface area contributed by atoms with Gasteiger partial charge in [-0.15, -0.1) is 0 Å². The number of pyridine rings is 1. The average molecular weight is 544 g/mol. The molecule has 2 heterocycles. The lowest BCUT2D eigenvalue weighted by Gasteiger charge is -2.61. The van der Waals surface area contributed by atoms with Crippen LogP contribution in [0.5, 0.6) is 0 Å². The summed E-state index contributed by atoms with van der Waals surface area (Å²) in [7, 11) is 0. The second-order valence-electron chi connectivity index (χ2n) is 12.7. The maximum atomic E-state index is 8.45. The lowest BCUT2D eigenvalue weighted by Crippen LogP contribution is -2.55. The number of rotatable bonds is 3. The van der Waals surface area contributed by atoms with Gasteiger partial charge in [-0.25, -0.2) is 19.8 Å². The summed E-state index contributed by atoms with van der Waals surface area (Å²) in [6, 6.07) is 27.2. The standard InChI is InChI=1S/C37H29N5/c1-38-32-21-26(36-41-34(24-7-3-2-4-8-24)40-35(42-36)25-11-13-39-14-12-25)20-30-29-9-5-6-10-31(29)37(33(30)32)27-16-22-15-23(18-27)19-28(37)17-22/h2-14,20-23,27-28H,15-19H2. The van der Waals surface area contributed by atoms with E-state index >= 15 is 0 Å². The number of hydrogen-bond donors (Lipinski definition) is 0. The van der Waals surface area contributed by atoms with Crippen LogP contribution in [0, 0.1) is 30.2 Å². The van der Waals surface area contributed by atoms with E-state index in [4.69, 9.17) is 21.5 Å². The van der Waals surface area contributed by atoms with Gasteiger partial charge >= 0.3 is 0 Å². The van der Waals surface area contributed by atoms with Gasteiger partial charge in [0.25, 0.3) is 0 Å². The molecule has 0 radical (unpaired) electrons. The SMILES string of the molecule is [C-]#[N+]c1cc(-c2nc(-c3ccccc3)nc(-c3ccncc3)n2)cc2c1C1(c3ccccc3-2)C2CC3CC(C2)CC1C3. The van der Waals surface area contributed by atoms with Crippen LogP contribution in [0.25, 0.3) is 50.1 Å². The van der Waals surface area contributed by atoms with Crippen LogP contribution in [0.4, 0.5) is 5.69 Å². The monoisotopic (exact) mass is 543 g/mol. The van der Waals surface area contributed by atoms with Gasteiger partial charge in [0.2, 0.25) is 0 Å². The van der Waals surface area contributed by atoms with Crippen molar-refractivity contribution in [1.29, 1.82) is 0 Å². The summed E-state index contributed by atoms with van der Waals surface area (Å²) in [4.78, 5) is 23.3. The van der Waals surface area contributed by atoms with E-state index in [1.807, 2.05) is 42.5 Å². The maximum absolute atomic E-state index is 8.45. The first-order valence-electron chi connectivity index (χ1n) is 15.1. The molecular weight excluding hydrogens is 514 g/mol. The van der Waals surface area contributed by atoms with Gasteiger partial charge in [-0.2, -0.15) is 0 Å². The molecular formula is C37H29N5. The first-order valence-corrected chi connectivity index (χ1v) is 15.1. The van der Waals surface area contributed by atoms with Crippen LogP contribution in [0.1, 0.15) is 43.2 Å². The van der Waals surface area contributed by atoms with Crippen molar-refractivity contribution in [3.63, 3.8) is 0 Å². The first kappa shape index (κ1) is 24.0. The van der Waals surface area contributed by atoms with E-state index in [1.165, 1.54) is 54.4 Å². The average Bonchev–Trinajstić information content (AvgIpc) is 3.34. The summed E-state index contributed by atoms with van der Waals surface area (Å²) in [5.74, 6) is 4.76. The molecule has 0 amide bonds. The molecule has 0 N–H and O–H groups in total. The molecule has 4 saturated carbocycles. The maximum Gasteiger partial charge on any atom is 0.192 e. The summed E-state index contributed by atoms with van der Waals surface area (Å²) >= 11 is 0. The Hall–Kier alpha value is -4.69. The predicted octanol–water partition coefficient (Wildman–Crippen LogP) is 8.54. The molecule has 5 heteroatoms. The number of fused-ring (bicyclic) bond motifs is 3. The topological polar surface area (TPSA) is 55.9 Å². The fourth-order valence-corrected chi connectivity index (χ4v) is 9.33. The fourth-order valence-electron chi connectivity index (χ4n) is 9.33. The Morgan fingerprint density at radius 2 is 1.21 bits per heavy atom. The Bertz CT molecular complexity index is 1820. The molecule has 0 saturated heterocycles. The van der Waals surface area contributed by atoms with Crippen molar-refractivity contribution in [3.8, 4) is 45.3 Å². The van der Waals surface area contributed by atoms with E-state index < -0.39 is 0 Å². The van der Waals surface area contributed by atoms with Gasteiger partial charge in [-0.05, 0) is 102 Å². The molecule has 0 aliphatic heterocycles. The Morgan fingerprint density at radius 1 is 0.619 bits per heavy atom. The Balaban J connectivity index is 1.28. The lowest BCUT2D eigenvalue weighted by atomic mass is 9.43. The van der Waals surface area contributed by atoms with Crippen molar-refractivity contribution in [2.75, 3.05) is 0 Å². The third-order valence-corrected chi connectivity index (χ3v) is 10.6. The largest absolute Gasteiger partial charge is 0.265 e. The number of hydrogen-bond acceptors (Lipinski definition) is 4. The summed E-state index contributed by atoms with van der Waals surface area (Å²) in [6.07, 6.45) is 10.1. The third kappa shape index (κ3) is 3.30. The van der Waals surface area contributed by atoms with E-state index in [2.05, 4.69) is 46.2 Å². The molecule has 5 aliphatic carbocycles. The first-order chi connectivity index (χ1) is 20.7. The minimum Gasteiger partial charge on any atom is -0.265 e. The zero-order valence-electron chi connectivity index (χ0n) is 23.2. The molecule has 5 aromatic rings. The molecule has 10 rings (SSSR count). The highest BCUT2D eigenvalue weighted by molar-refractivity contribution is 5.90. The van der Waals surface area contributed by atoms with Crippen LogP contribution in [0.3, 0.4) is 0 Å². The highest BCUT2D eigenvalue weighted by Crippen LogP contribution is 2.70. The van der Waals surface area contributed by atoms with Crippen LogP contribution in [0.2, 0.25) is 0 Å². The summed E-state index contributed by atoms with van der Waals surface area (Å²) in [5, 5.41) is 0. The fraction of sp³-hybridized carbons (Fsp3) is 0.270. The molecule has 0 atom stereocenters. The zero-order valence-corrected chi connectivity index (χ0v) is 23.2. The van der Waals surface area contributed by atoms with Gasteiger partial charge in [0.05, 0.1) is 6.57 Å². The van der Waals surface area contributed by atoms with Crippen molar-refractivity contribution in [2.45, 2.75) is 37.5 Å². The van der Waals surface area contributed by atoms with Gasteiger partial charge in [0.1, 0.15) is 0 Å². The van der Waals surface area contributed by atoms with Crippen molar-refractivity contribution in [3.05, 3.63) is 114 Å². The molecule has 5 aliphatic rings. The summed E-state index contributed by atoms with van der Waals surface area (Å²) < 4.78 is 0. The van der Waals surface area contributed by atoms with Crippen molar-refractivity contribution in [1.82, 2.24) is 19.9 Å². The normalized spacial score (nSPS) is 26.2. The zero-order chi connectivity index (χ0) is 27.8. The van der Waals surface area contributed by atoms with Crippen molar-refractivity contribution in [2.24, 2.45) is 23.7 Å². The summed E-state index contributed by atoms with van der Waals surface area (Å²) in [5.41, 5.74) is 8.62. The van der Waals surface area contributed by atoms with Crippen molar-refractivity contribution >= 4 is 5.69 Å². The number of nitrogens with zero attached hydrogens (tertiary/aromatic N) is 5. The minimum atomic E-state index is -0.0474. The van der Waals surface area contributed by atoms with Gasteiger partial charge in [0, 0.05) is 34.5 Å². The summed E-state index contributed by atoms with van der Waals surface area (Å²) in [6.45, 7) is 8.45. The second kappa shape index (κ2) is 8.90. The Labute approximate surface area is 245 Å². The molecule has 202 valence electrons. The van der Waals surface area contributed by atoms with E-state index in [-0.39, 0.29) is 5.41 Å². The van der Waals surface area contributed by atoms with E-state index in [9.17, 15) is 0 Å². The molecule has 1 spiro atoms. The van der Waals surface area contributed by atoms with E-state index in [1.54, 1.807) is 12.4 Å². The second-order valence-corrected chi connectivity index (χ2v) is 12.7. The molecule has 0 unspecified atom stereocenters. The lowest BCUT2D eigenvalue weighted by molar-refractivity contribution is -0.0396. The van der Waals surface area contributed by atoms with Crippen LogP contribution >= 0.6 is 0 Å². The number of aromatic nitrogens is 4. The van der Waals surface area contributed by atoms with E-state index in [0.717, 1.165) is 34.2 Å². The highest BCUT2D eigenvalue weighted by Gasteiger charge is 2.62. The van der Waals surface area contributed by atoms with Crippen LogP contribution in [0.15, 0.2) is 91.3 Å². The quantitative estimate of drug-likeness (QED) is 0.214. The molecule has 5 nitrogen and oxygen atoms in total.